The number of aromatic amines is 1. The van der Waals surface area contributed by atoms with Crippen LogP contribution in [0.2, 0.25) is 0 Å². The van der Waals surface area contributed by atoms with Crippen molar-refractivity contribution in [2.24, 2.45) is 0 Å². The largest absolute Gasteiger partial charge is 0.358 e. The Bertz CT molecular complexity index is 1310. The molecule has 174 valence electrons. The van der Waals surface area contributed by atoms with E-state index in [1.54, 1.807) is 18.2 Å². The van der Waals surface area contributed by atoms with Gasteiger partial charge in [-0.1, -0.05) is 24.3 Å². The highest BCUT2D eigenvalue weighted by atomic mass is 19.1. The Morgan fingerprint density at radius 2 is 1.94 bits per heavy atom. The third kappa shape index (κ3) is 3.92. The van der Waals surface area contributed by atoms with Crippen molar-refractivity contribution in [3.8, 4) is 11.1 Å². The van der Waals surface area contributed by atoms with Gasteiger partial charge in [0.25, 0.3) is 11.8 Å². The van der Waals surface area contributed by atoms with Gasteiger partial charge in [-0.05, 0) is 68.9 Å². The lowest BCUT2D eigenvalue weighted by Gasteiger charge is -2.20. The SMILES string of the molecule is Cc1cc(C(=O)N2CC[C@@H](N(C)C)C2)c(/C=C2\C(=O)Nc3cccc(-c4ccc(F)cc4)c32)[nH]1. The molecule has 3 heterocycles. The lowest BCUT2D eigenvalue weighted by Crippen LogP contribution is -2.34. The number of carbonyl (C=O) groups is 2. The molecule has 2 amide bonds. The number of H-pyrrole nitrogens is 1. The molecule has 6 nitrogen and oxygen atoms in total. The van der Waals surface area contributed by atoms with Crippen molar-refractivity contribution in [1.29, 1.82) is 0 Å². The number of aromatic nitrogens is 1. The smallest absolute Gasteiger partial charge is 0.256 e. The molecule has 1 fully saturated rings. The lowest BCUT2D eigenvalue weighted by molar-refractivity contribution is -0.110. The van der Waals surface area contributed by atoms with Gasteiger partial charge in [0.15, 0.2) is 0 Å². The number of benzene rings is 2. The second kappa shape index (κ2) is 8.57. The molecule has 2 aliphatic rings. The van der Waals surface area contributed by atoms with E-state index in [1.807, 2.05) is 50.2 Å². The molecule has 0 bridgehead atoms. The Kier molecular flexibility index (Phi) is 5.57. The molecule has 1 saturated heterocycles. The fourth-order valence-corrected chi connectivity index (χ4v) is 4.82. The fraction of sp³-hybridized carbons (Fsp3) is 0.259. The number of aryl methyl sites for hydroxylation is 1. The Morgan fingerprint density at radius 1 is 1.18 bits per heavy atom. The maximum Gasteiger partial charge on any atom is 0.256 e. The van der Waals surface area contributed by atoms with Crippen LogP contribution in [0.1, 0.15) is 33.7 Å². The van der Waals surface area contributed by atoms with Crippen LogP contribution in [0.4, 0.5) is 10.1 Å². The van der Waals surface area contributed by atoms with Gasteiger partial charge in [-0.25, -0.2) is 4.39 Å². The molecule has 1 atom stereocenters. The van der Waals surface area contributed by atoms with Crippen LogP contribution in [-0.2, 0) is 4.79 Å². The molecule has 0 spiro atoms. The minimum atomic E-state index is -0.315. The number of amides is 2. The van der Waals surface area contributed by atoms with Crippen LogP contribution in [0.3, 0.4) is 0 Å². The normalized spacial score (nSPS) is 18.6. The van der Waals surface area contributed by atoms with Crippen molar-refractivity contribution >= 4 is 29.2 Å². The molecule has 0 unspecified atom stereocenters. The van der Waals surface area contributed by atoms with E-state index in [2.05, 4.69) is 15.2 Å². The Hall–Kier alpha value is -3.71. The van der Waals surface area contributed by atoms with Crippen LogP contribution in [0.5, 0.6) is 0 Å². The third-order valence-corrected chi connectivity index (χ3v) is 6.66. The summed E-state index contributed by atoms with van der Waals surface area (Å²) in [6.07, 6.45) is 2.70. The highest BCUT2D eigenvalue weighted by Crippen LogP contribution is 2.40. The zero-order chi connectivity index (χ0) is 24.0. The van der Waals surface area contributed by atoms with E-state index in [0.717, 1.165) is 28.8 Å². The summed E-state index contributed by atoms with van der Waals surface area (Å²) in [5.74, 6) is -0.584. The molecule has 0 radical (unpaired) electrons. The summed E-state index contributed by atoms with van der Waals surface area (Å²) in [5, 5.41) is 2.92. The van der Waals surface area contributed by atoms with Crippen molar-refractivity contribution in [3.05, 3.63) is 76.9 Å². The summed E-state index contributed by atoms with van der Waals surface area (Å²) < 4.78 is 13.5. The van der Waals surface area contributed by atoms with Crippen molar-refractivity contribution in [1.82, 2.24) is 14.8 Å². The molecule has 2 aromatic carbocycles. The predicted octanol–water partition coefficient (Wildman–Crippen LogP) is 4.40. The van der Waals surface area contributed by atoms with Gasteiger partial charge in [-0.3, -0.25) is 9.59 Å². The van der Waals surface area contributed by atoms with Gasteiger partial charge in [0.05, 0.1) is 16.8 Å². The quantitative estimate of drug-likeness (QED) is 0.570. The van der Waals surface area contributed by atoms with E-state index >= 15 is 0 Å². The number of likely N-dealkylation sites (tertiary alicyclic amines) is 1. The maximum atomic E-state index is 13.5. The number of hydrogen-bond acceptors (Lipinski definition) is 3. The molecule has 5 rings (SSSR count). The summed E-state index contributed by atoms with van der Waals surface area (Å²) in [4.78, 5) is 33.7. The molecule has 0 aliphatic carbocycles. The molecular formula is C27H27FN4O2. The van der Waals surface area contributed by atoms with E-state index in [-0.39, 0.29) is 17.6 Å². The van der Waals surface area contributed by atoms with Gasteiger partial charge < -0.3 is 20.1 Å². The summed E-state index contributed by atoms with van der Waals surface area (Å²) in [5.41, 5.74) is 5.58. The van der Waals surface area contributed by atoms with Crippen LogP contribution in [0.15, 0.2) is 48.5 Å². The number of carbonyl (C=O) groups excluding carboxylic acids is 2. The van der Waals surface area contributed by atoms with Gasteiger partial charge in [-0.15, -0.1) is 0 Å². The minimum Gasteiger partial charge on any atom is -0.358 e. The summed E-state index contributed by atoms with van der Waals surface area (Å²) in [6, 6.07) is 14.0. The molecule has 7 heteroatoms. The number of halogens is 1. The number of fused-ring (bicyclic) bond motifs is 1. The van der Waals surface area contributed by atoms with Crippen molar-refractivity contribution < 1.29 is 14.0 Å². The van der Waals surface area contributed by atoms with E-state index in [9.17, 15) is 14.0 Å². The summed E-state index contributed by atoms with van der Waals surface area (Å²) >= 11 is 0. The van der Waals surface area contributed by atoms with Crippen LogP contribution < -0.4 is 5.32 Å². The van der Waals surface area contributed by atoms with Crippen molar-refractivity contribution in [3.63, 3.8) is 0 Å². The second-order valence-corrected chi connectivity index (χ2v) is 9.18. The highest BCUT2D eigenvalue weighted by Gasteiger charge is 2.31. The van der Waals surface area contributed by atoms with Gasteiger partial charge >= 0.3 is 0 Å². The van der Waals surface area contributed by atoms with Crippen LogP contribution in [0.25, 0.3) is 22.8 Å². The number of rotatable bonds is 4. The molecular weight excluding hydrogens is 431 g/mol. The third-order valence-electron chi connectivity index (χ3n) is 6.66. The van der Waals surface area contributed by atoms with Gasteiger partial charge in [-0.2, -0.15) is 0 Å². The number of likely N-dealkylation sites (N-methyl/N-ethyl adjacent to an activating group) is 1. The van der Waals surface area contributed by atoms with Crippen molar-refractivity contribution in [2.45, 2.75) is 19.4 Å². The van der Waals surface area contributed by atoms with Crippen LogP contribution in [-0.4, -0.2) is 59.8 Å². The Balaban J connectivity index is 1.55. The van der Waals surface area contributed by atoms with Gasteiger partial charge in [0.2, 0.25) is 0 Å². The topological polar surface area (TPSA) is 68.4 Å². The Labute approximate surface area is 198 Å². The average Bonchev–Trinajstić information content (AvgIpc) is 3.52. The first kappa shape index (κ1) is 22.1. The minimum absolute atomic E-state index is 0.0361. The maximum absolute atomic E-state index is 13.5. The highest BCUT2D eigenvalue weighted by molar-refractivity contribution is 6.36. The zero-order valence-corrected chi connectivity index (χ0v) is 19.5. The van der Waals surface area contributed by atoms with E-state index < -0.39 is 0 Å². The fourth-order valence-electron chi connectivity index (χ4n) is 4.82. The first-order valence-electron chi connectivity index (χ1n) is 11.4. The standard InChI is InChI=1S/C27H27FN4O2/c1-16-13-21(27(34)32-12-11-19(15-32)31(2)3)24(29-16)14-22-25-20(17-7-9-18(28)10-8-17)5-4-6-23(25)30-26(22)33/h4-10,13-14,19,29H,11-12,15H2,1-3H3,(H,30,33)/b22-14-/t19-/m1/s1. The number of nitrogens with one attached hydrogen (secondary N) is 2. The van der Waals surface area contributed by atoms with Crippen LogP contribution >= 0.6 is 0 Å². The molecule has 1 aromatic heterocycles. The first-order chi connectivity index (χ1) is 16.3. The lowest BCUT2D eigenvalue weighted by atomic mass is 9.94. The molecule has 2 aliphatic heterocycles. The number of anilines is 1. The molecule has 3 aromatic rings. The summed E-state index contributed by atoms with van der Waals surface area (Å²) in [7, 11) is 4.06. The number of nitrogens with zero attached hydrogens (tertiary/aromatic N) is 2. The van der Waals surface area contributed by atoms with Gasteiger partial charge in [0, 0.05) is 36.1 Å². The second-order valence-electron chi connectivity index (χ2n) is 9.18. The van der Waals surface area contributed by atoms with E-state index in [1.165, 1.54) is 12.1 Å². The Morgan fingerprint density at radius 3 is 2.65 bits per heavy atom. The van der Waals surface area contributed by atoms with E-state index in [0.29, 0.717) is 41.6 Å². The van der Waals surface area contributed by atoms with E-state index in [4.69, 9.17) is 0 Å². The number of hydrogen-bond donors (Lipinski definition) is 2. The first-order valence-corrected chi connectivity index (χ1v) is 11.4. The van der Waals surface area contributed by atoms with Crippen molar-refractivity contribution in [2.75, 3.05) is 32.5 Å². The predicted molar refractivity (Wildman–Crippen MR) is 132 cm³/mol. The van der Waals surface area contributed by atoms with Crippen LogP contribution in [0, 0.1) is 12.7 Å². The monoisotopic (exact) mass is 458 g/mol. The molecule has 34 heavy (non-hydrogen) atoms. The average molecular weight is 459 g/mol. The summed E-state index contributed by atoms with van der Waals surface area (Å²) in [6.45, 7) is 3.29. The van der Waals surface area contributed by atoms with Gasteiger partial charge in [0.1, 0.15) is 5.82 Å². The molecule has 2 N–H and O–H groups in total. The molecule has 0 saturated carbocycles. The zero-order valence-electron chi connectivity index (χ0n) is 19.5.